The number of carbonyl (C=O) groups excluding carboxylic acids is 1. The Morgan fingerprint density at radius 3 is 2.61 bits per heavy atom. The first-order chi connectivity index (χ1) is 8.86. The molecule has 0 radical (unpaired) electrons. The maximum absolute atomic E-state index is 11.8. The zero-order valence-corrected chi connectivity index (χ0v) is 10.7. The van der Waals surface area contributed by atoms with E-state index in [1.54, 1.807) is 0 Å². The SMILES string of the molecule is O=C(OC/C=C/c1ccccc1)C1CCCCC1. The van der Waals surface area contributed by atoms with E-state index in [0.29, 0.717) is 6.61 Å². The molecule has 1 aliphatic carbocycles. The first-order valence-electron chi connectivity index (χ1n) is 6.74. The first-order valence-corrected chi connectivity index (χ1v) is 6.74. The molecular formula is C16H20O2. The molecule has 0 bridgehead atoms. The fourth-order valence-electron chi connectivity index (χ4n) is 2.33. The van der Waals surface area contributed by atoms with Crippen LogP contribution in [0.1, 0.15) is 37.7 Å². The van der Waals surface area contributed by atoms with Crippen molar-refractivity contribution in [3.8, 4) is 0 Å². The first kappa shape index (κ1) is 12.9. The van der Waals surface area contributed by atoms with E-state index in [4.69, 9.17) is 4.74 Å². The summed E-state index contributed by atoms with van der Waals surface area (Å²) in [6.45, 7) is 0.379. The molecular weight excluding hydrogens is 224 g/mol. The van der Waals surface area contributed by atoms with E-state index < -0.39 is 0 Å². The lowest BCUT2D eigenvalue weighted by Crippen LogP contribution is -2.20. The molecule has 1 aromatic rings. The van der Waals surface area contributed by atoms with Crippen molar-refractivity contribution in [1.29, 1.82) is 0 Å². The van der Waals surface area contributed by atoms with Crippen LogP contribution in [0.4, 0.5) is 0 Å². The van der Waals surface area contributed by atoms with Crippen LogP contribution in [0, 0.1) is 5.92 Å². The molecule has 0 spiro atoms. The predicted molar refractivity (Wildman–Crippen MR) is 73.0 cm³/mol. The summed E-state index contributed by atoms with van der Waals surface area (Å²) in [5.41, 5.74) is 1.13. The molecule has 96 valence electrons. The van der Waals surface area contributed by atoms with Gasteiger partial charge in [-0.05, 0) is 24.5 Å². The topological polar surface area (TPSA) is 26.3 Å². The van der Waals surface area contributed by atoms with Crippen molar-refractivity contribution in [2.24, 2.45) is 5.92 Å². The largest absolute Gasteiger partial charge is 0.461 e. The highest BCUT2D eigenvalue weighted by Gasteiger charge is 2.21. The van der Waals surface area contributed by atoms with Crippen LogP contribution in [-0.2, 0) is 9.53 Å². The monoisotopic (exact) mass is 244 g/mol. The number of hydrogen-bond donors (Lipinski definition) is 0. The van der Waals surface area contributed by atoms with Gasteiger partial charge in [0.1, 0.15) is 6.61 Å². The zero-order chi connectivity index (χ0) is 12.6. The minimum absolute atomic E-state index is 0.0209. The van der Waals surface area contributed by atoms with Gasteiger partial charge in [0.15, 0.2) is 0 Å². The van der Waals surface area contributed by atoms with Crippen molar-refractivity contribution < 1.29 is 9.53 Å². The van der Waals surface area contributed by atoms with E-state index in [1.165, 1.54) is 19.3 Å². The van der Waals surface area contributed by atoms with Gasteiger partial charge in [-0.1, -0.05) is 55.7 Å². The smallest absolute Gasteiger partial charge is 0.309 e. The van der Waals surface area contributed by atoms with Crippen LogP contribution in [0.2, 0.25) is 0 Å². The molecule has 0 aromatic heterocycles. The van der Waals surface area contributed by atoms with E-state index in [0.717, 1.165) is 18.4 Å². The molecule has 0 atom stereocenters. The lowest BCUT2D eigenvalue weighted by atomic mass is 9.89. The number of esters is 1. The van der Waals surface area contributed by atoms with Gasteiger partial charge >= 0.3 is 5.97 Å². The van der Waals surface area contributed by atoms with E-state index in [-0.39, 0.29) is 11.9 Å². The van der Waals surface area contributed by atoms with Gasteiger partial charge in [-0.2, -0.15) is 0 Å². The summed E-state index contributed by atoms with van der Waals surface area (Å²) in [6, 6.07) is 10.0. The summed E-state index contributed by atoms with van der Waals surface area (Å²) in [5, 5.41) is 0. The number of rotatable bonds is 4. The number of hydrogen-bond acceptors (Lipinski definition) is 2. The van der Waals surface area contributed by atoms with Crippen LogP contribution in [0.15, 0.2) is 36.4 Å². The standard InChI is InChI=1S/C16H20O2/c17-16(15-11-5-2-6-12-15)18-13-7-10-14-8-3-1-4-9-14/h1,3-4,7-10,15H,2,5-6,11-13H2/b10-7+. The molecule has 2 nitrogen and oxygen atoms in total. The molecule has 2 heteroatoms. The second-order valence-electron chi connectivity index (χ2n) is 4.78. The molecule has 2 rings (SSSR count). The minimum atomic E-state index is -0.0209. The number of benzene rings is 1. The summed E-state index contributed by atoms with van der Waals surface area (Å²) in [7, 11) is 0. The zero-order valence-electron chi connectivity index (χ0n) is 10.7. The summed E-state index contributed by atoms with van der Waals surface area (Å²) >= 11 is 0. The van der Waals surface area contributed by atoms with Crippen molar-refractivity contribution >= 4 is 12.0 Å². The molecule has 0 heterocycles. The molecule has 1 aromatic carbocycles. The van der Waals surface area contributed by atoms with Crippen molar-refractivity contribution in [3.63, 3.8) is 0 Å². The van der Waals surface area contributed by atoms with Crippen LogP contribution in [0.3, 0.4) is 0 Å². The van der Waals surface area contributed by atoms with Crippen molar-refractivity contribution in [3.05, 3.63) is 42.0 Å². The molecule has 1 saturated carbocycles. The van der Waals surface area contributed by atoms with Gasteiger partial charge in [0.2, 0.25) is 0 Å². The number of carbonyl (C=O) groups is 1. The van der Waals surface area contributed by atoms with Crippen molar-refractivity contribution in [2.45, 2.75) is 32.1 Å². The highest BCUT2D eigenvalue weighted by molar-refractivity contribution is 5.72. The maximum atomic E-state index is 11.8. The van der Waals surface area contributed by atoms with Gasteiger partial charge in [0, 0.05) is 0 Å². The Labute approximate surface area is 109 Å². The van der Waals surface area contributed by atoms with E-state index in [2.05, 4.69) is 0 Å². The Balaban J connectivity index is 1.71. The Bertz CT molecular complexity index is 389. The molecule has 0 saturated heterocycles. The lowest BCUT2D eigenvalue weighted by molar-refractivity contribution is -0.148. The molecule has 0 aliphatic heterocycles. The molecule has 0 unspecified atom stereocenters. The van der Waals surface area contributed by atoms with Gasteiger partial charge in [-0.25, -0.2) is 0 Å². The fraction of sp³-hybridized carbons (Fsp3) is 0.438. The second-order valence-corrected chi connectivity index (χ2v) is 4.78. The van der Waals surface area contributed by atoms with Crippen LogP contribution < -0.4 is 0 Å². The van der Waals surface area contributed by atoms with Gasteiger partial charge in [-0.3, -0.25) is 4.79 Å². The predicted octanol–water partition coefficient (Wildman–Crippen LogP) is 3.82. The Morgan fingerprint density at radius 1 is 1.17 bits per heavy atom. The molecule has 1 fully saturated rings. The van der Waals surface area contributed by atoms with Crippen LogP contribution in [0.5, 0.6) is 0 Å². The Hall–Kier alpha value is -1.57. The van der Waals surface area contributed by atoms with E-state index in [1.807, 2.05) is 42.5 Å². The molecule has 1 aliphatic rings. The second kappa shape index (κ2) is 7.00. The summed E-state index contributed by atoms with van der Waals surface area (Å²) in [5.74, 6) is 0.122. The fourth-order valence-corrected chi connectivity index (χ4v) is 2.33. The van der Waals surface area contributed by atoms with Gasteiger partial charge in [-0.15, -0.1) is 0 Å². The van der Waals surface area contributed by atoms with Crippen LogP contribution >= 0.6 is 0 Å². The Kier molecular flexibility index (Phi) is 5.00. The summed E-state index contributed by atoms with van der Waals surface area (Å²) in [4.78, 5) is 11.8. The van der Waals surface area contributed by atoms with Crippen LogP contribution in [-0.4, -0.2) is 12.6 Å². The highest BCUT2D eigenvalue weighted by Crippen LogP contribution is 2.24. The van der Waals surface area contributed by atoms with E-state index in [9.17, 15) is 4.79 Å². The Morgan fingerprint density at radius 2 is 1.89 bits per heavy atom. The van der Waals surface area contributed by atoms with Gasteiger partial charge in [0.25, 0.3) is 0 Å². The van der Waals surface area contributed by atoms with Gasteiger partial charge in [0.05, 0.1) is 5.92 Å². The quantitative estimate of drug-likeness (QED) is 0.752. The molecule has 18 heavy (non-hydrogen) atoms. The highest BCUT2D eigenvalue weighted by atomic mass is 16.5. The summed E-state index contributed by atoms with van der Waals surface area (Å²) < 4.78 is 5.28. The summed E-state index contributed by atoms with van der Waals surface area (Å²) in [6.07, 6.45) is 9.48. The third-order valence-corrected chi connectivity index (χ3v) is 3.37. The molecule has 0 N–H and O–H groups in total. The molecule has 0 amide bonds. The average molecular weight is 244 g/mol. The number of ether oxygens (including phenoxy) is 1. The third-order valence-electron chi connectivity index (χ3n) is 3.37. The van der Waals surface area contributed by atoms with Crippen molar-refractivity contribution in [2.75, 3.05) is 6.61 Å². The minimum Gasteiger partial charge on any atom is -0.461 e. The third kappa shape index (κ3) is 4.02. The van der Waals surface area contributed by atoms with Crippen molar-refractivity contribution in [1.82, 2.24) is 0 Å². The van der Waals surface area contributed by atoms with Crippen LogP contribution in [0.25, 0.3) is 6.08 Å². The average Bonchev–Trinajstić information content (AvgIpc) is 2.45. The normalized spacial score (nSPS) is 16.9. The lowest BCUT2D eigenvalue weighted by Gasteiger charge is -2.19. The van der Waals surface area contributed by atoms with Gasteiger partial charge < -0.3 is 4.74 Å². The maximum Gasteiger partial charge on any atom is 0.309 e. The van der Waals surface area contributed by atoms with E-state index >= 15 is 0 Å².